The van der Waals surface area contributed by atoms with Gasteiger partial charge in [0.15, 0.2) is 0 Å². The zero-order valence-corrected chi connectivity index (χ0v) is 10.1. The van der Waals surface area contributed by atoms with Crippen molar-refractivity contribution >= 4 is 33.7 Å². The van der Waals surface area contributed by atoms with E-state index < -0.39 is 12.1 Å². The number of nitrogens with one attached hydrogen (secondary N) is 1. The summed E-state index contributed by atoms with van der Waals surface area (Å²) in [5.41, 5.74) is 0.450. The smallest absolute Gasteiger partial charge is 0.411 e. The average Bonchev–Trinajstić information content (AvgIpc) is 2.16. The van der Waals surface area contributed by atoms with E-state index >= 15 is 0 Å². The minimum Gasteiger partial charge on any atom is -0.478 e. The van der Waals surface area contributed by atoms with Gasteiger partial charge in [-0.2, -0.15) is 0 Å². The number of benzene rings is 1. The molecule has 0 aliphatic carbocycles. The van der Waals surface area contributed by atoms with Crippen LogP contribution in [0.2, 0.25) is 0 Å². The molecule has 0 unspecified atom stereocenters. The monoisotopic (exact) mass is 287 g/mol. The Balaban J connectivity index is 2.88. The molecule has 16 heavy (non-hydrogen) atoms. The molecule has 6 heteroatoms. The number of aromatic carboxylic acids is 1. The lowest BCUT2D eigenvalue weighted by molar-refractivity contribution is 0.0696. The molecule has 1 amide bonds. The number of carbonyl (C=O) groups excluding carboxylic acids is 1. The molecular weight excluding hydrogens is 278 g/mol. The third kappa shape index (κ3) is 3.54. The predicted molar refractivity (Wildman–Crippen MR) is 61.7 cm³/mol. The highest BCUT2D eigenvalue weighted by Gasteiger charge is 2.08. The summed E-state index contributed by atoms with van der Waals surface area (Å²) in [6.07, 6.45) is -0.614. The Morgan fingerprint density at radius 2 is 2.12 bits per heavy atom. The third-order valence-electron chi connectivity index (χ3n) is 1.67. The van der Waals surface area contributed by atoms with E-state index in [0.29, 0.717) is 10.2 Å². The first kappa shape index (κ1) is 12.5. The number of anilines is 1. The van der Waals surface area contributed by atoms with Crippen LogP contribution in [0.1, 0.15) is 17.3 Å². The molecule has 1 rings (SSSR count). The maximum atomic E-state index is 11.1. The van der Waals surface area contributed by atoms with E-state index in [4.69, 9.17) is 5.11 Å². The van der Waals surface area contributed by atoms with E-state index in [2.05, 4.69) is 26.0 Å². The largest absolute Gasteiger partial charge is 0.478 e. The van der Waals surface area contributed by atoms with Crippen LogP contribution in [0.5, 0.6) is 0 Å². The van der Waals surface area contributed by atoms with Crippen LogP contribution >= 0.6 is 15.9 Å². The van der Waals surface area contributed by atoms with Crippen LogP contribution in [0.15, 0.2) is 22.7 Å². The Hall–Kier alpha value is -1.56. The van der Waals surface area contributed by atoms with Gasteiger partial charge in [-0.1, -0.05) is 15.9 Å². The first-order valence-corrected chi connectivity index (χ1v) is 5.30. The minimum absolute atomic E-state index is 0.0844. The predicted octanol–water partition coefficient (Wildman–Crippen LogP) is 2.72. The molecule has 0 radical (unpaired) electrons. The number of carbonyl (C=O) groups is 2. The number of hydrogen-bond donors (Lipinski definition) is 2. The average molecular weight is 288 g/mol. The van der Waals surface area contributed by atoms with Gasteiger partial charge in [-0.15, -0.1) is 0 Å². The van der Waals surface area contributed by atoms with Gasteiger partial charge in [0.05, 0.1) is 12.2 Å². The van der Waals surface area contributed by atoms with Crippen LogP contribution in [0.4, 0.5) is 10.5 Å². The molecule has 0 aliphatic rings. The third-order valence-corrected chi connectivity index (χ3v) is 2.12. The second-order valence-corrected chi connectivity index (χ2v) is 3.79. The van der Waals surface area contributed by atoms with Crippen LogP contribution in [0.3, 0.4) is 0 Å². The fourth-order valence-corrected chi connectivity index (χ4v) is 1.56. The van der Waals surface area contributed by atoms with E-state index in [1.54, 1.807) is 13.0 Å². The Morgan fingerprint density at radius 1 is 1.44 bits per heavy atom. The highest BCUT2D eigenvalue weighted by Crippen LogP contribution is 2.19. The first-order chi connectivity index (χ1) is 7.52. The lowest BCUT2D eigenvalue weighted by Gasteiger charge is -2.06. The normalized spacial score (nSPS) is 9.62. The lowest BCUT2D eigenvalue weighted by Crippen LogP contribution is -2.13. The van der Waals surface area contributed by atoms with Gasteiger partial charge in [0.25, 0.3) is 0 Å². The molecular formula is C10H10BrNO4. The molecule has 2 N–H and O–H groups in total. The molecule has 0 heterocycles. The first-order valence-electron chi connectivity index (χ1n) is 4.50. The van der Waals surface area contributed by atoms with Crippen LogP contribution in [0.25, 0.3) is 0 Å². The minimum atomic E-state index is -1.06. The van der Waals surface area contributed by atoms with Crippen molar-refractivity contribution in [1.29, 1.82) is 0 Å². The second-order valence-electron chi connectivity index (χ2n) is 2.88. The summed E-state index contributed by atoms with van der Waals surface area (Å²) in [4.78, 5) is 21.9. The van der Waals surface area contributed by atoms with Gasteiger partial charge in [-0.25, -0.2) is 9.59 Å². The molecule has 0 saturated carbocycles. The highest BCUT2D eigenvalue weighted by atomic mass is 79.9. The molecule has 0 spiro atoms. The topological polar surface area (TPSA) is 75.6 Å². The van der Waals surface area contributed by atoms with Crippen molar-refractivity contribution in [3.8, 4) is 0 Å². The number of carboxylic acid groups (broad SMARTS) is 1. The van der Waals surface area contributed by atoms with Crippen LogP contribution in [0, 0.1) is 0 Å². The van der Waals surface area contributed by atoms with Gasteiger partial charge in [-0.05, 0) is 25.1 Å². The quantitative estimate of drug-likeness (QED) is 0.896. The molecule has 0 atom stereocenters. The standard InChI is InChI=1S/C10H10BrNO4/c1-2-16-10(15)12-8-4-6(9(13)14)3-7(11)5-8/h3-5H,2H2,1H3,(H,12,15)(H,13,14). The number of hydrogen-bond acceptors (Lipinski definition) is 3. The second kappa shape index (κ2) is 5.50. The van der Waals surface area contributed by atoms with Crippen LogP contribution in [-0.4, -0.2) is 23.8 Å². The molecule has 0 saturated heterocycles. The van der Waals surface area contributed by atoms with Crippen molar-refractivity contribution < 1.29 is 19.4 Å². The molecule has 0 aliphatic heterocycles. The Labute approximate surface area is 101 Å². The van der Waals surface area contributed by atoms with Gasteiger partial charge in [0, 0.05) is 10.2 Å². The summed E-state index contributed by atoms with van der Waals surface area (Å²) in [6, 6.07) is 4.38. The summed E-state index contributed by atoms with van der Waals surface area (Å²) >= 11 is 3.15. The van der Waals surface area contributed by atoms with Crippen LogP contribution in [-0.2, 0) is 4.74 Å². The number of ether oxygens (including phenoxy) is 1. The molecule has 1 aromatic carbocycles. The summed E-state index contributed by atoms with van der Waals surface area (Å²) in [7, 11) is 0. The highest BCUT2D eigenvalue weighted by molar-refractivity contribution is 9.10. The van der Waals surface area contributed by atoms with Gasteiger partial charge in [-0.3, -0.25) is 5.32 Å². The summed E-state index contributed by atoms with van der Waals surface area (Å²) in [5.74, 6) is -1.06. The number of amides is 1. The lowest BCUT2D eigenvalue weighted by atomic mass is 10.2. The Morgan fingerprint density at radius 3 is 2.69 bits per heavy atom. The fraction of sp³-hybridized carbons (Fsp3) is 0.200. The SMILES string of the molecule is CCOC(=O)Nc1cc(Br)cc(C(=O)O)c1. The summed E-state index contributed by atoms with van der Waals surface area (Å²) in [5, 5.41) is 11.2. The van der Waals surface area contributed by atoms with Crippen molar-refractivity contribution in [2.45, 2.75) is 6.92 Å². The molecule has 5 nitrogen and oxygen atoms in total. The van der Waals surface area contributed by atoms with E-state index in [-0.39, 0.29) is 12.2 Å². The summed E-state index contributed by atoms with van der Waals surface area (Å²) in [6.45, 7) is 1.94. The van der Waals surface area contributed by atoms with E-state index in [1.165, 1.54) is 12.1 Å². The van der Waals surface area contributed by atoms with Crippen molar-refractivity contribution in [3.05, 3.63) is 28.2 Å². The molecule has 1 aromatic rings. The van der Waals surface area contributed by atoms with Crippen molar-refractivity contribution in [2.75, 3.05) is 11.9 Å². The van der Waals surface area contributed by atoms with Crippen molar-refractivity contribution in [1.82, 2.24) is 0 Å². The van der Waals surface area contributed by atoms with Gasteiger partial charge < -0.3 is 9.84 Å². The zero-order valence-electron chi connectivity index (χ0n) is 8.49. The molecule has 0 bridgehead atoms. The number of carboxylic acids is 1. The maximum Gasteiger partial charge on any atom is 0.411 e. The Bertz CT molecular complexity index is 419. The Kier molecular flexibility index (Phi) is 4.30. The van der Waals surface area contributed by atoms with Crippen LogP contribution < -0.4 is 5.32 Å². The fourth-order valence-electron chi connectivity index (χ4n) is 1.07. The van der Waals surface area contributed by atoms with Gasteiger partial charge >= 0.3 is 12.1 Å². The summed E-state index contributed by atoms with van der Waals surface area (Å²) < 4.78 is 5.24. The zero-order chi connectivity index (χ0) is 12.1. The van der Waals surface area contributed by atoms with Crippen molar-refractivity contribution in [3.63, 3.8) is 0 Å². The van der Waals surface area contributed by atoms with Gasteiger partial charge in [0.1, 0.15) is 0 Å². The van der Waals surface area contributed by atoms with E-state index in [1.807, 2.05) is 0 Å². The molecule has 0 fully saturated rings. The van der Waals surface area contributed by atoms with Crippen molar-refractivity contribution in [2.24, 2.45) is 0 Å². The number of halogens is 1. The maximum absolute atomic E-state index is 11.1. The van der Waals surface area contributed by atoms with Gasteiger partial charge in [0.2, 0.25) is 0 Å². The van der Waals surface area contributed by atoms with E-state index in [9.17, 15) is 9.59 Å². The number of rotatable bonds is 3. The molecule has 86 valence electrons. The molecule has 0 aromatic heterocycles. The van der Waals surface area contributed by atoms with E-state index in [0.717, 1.165) is 0 Å².